The van der Waals surface area contributed by atoms with Gasteiger partial charge < -0.3 is 9.64 Å². The van der Waals surface area contributed by atoms with Crippen molar-refractivity contribution in [3.05, 3.63) is 47.5 Å². The number of allylic oxidation sites excluding steroid dienone is 1. The van der Waals surface area contributed by atoms with Crippen LogP contribution in [-0.4, -0.2) is 55.2 Å². The van der Waals surface area contributed by atoms with Crippen LogP contribution in [0.1, 0.15) is 39.2 Å². The van der Waals surface area contributed by atoms with Crippen LogP contribution in [0.5, 0.6) is 0 Å². The highest BCUT2D eigenvalue weighted by Gasteiger charge is 2.27. The molecule has 8 nitrogen and oxygen atoms in total. The number of sulfone groups is 1. The second-order valence-corrected chi connectivity index (χ2v) is 11.9. The molecule has 2 aromatic rings. The van der Waals surface area contributed by atoms with Crippen LogP contribution in [0.4, 0.5) is 9.93 Å². The summed E-state index contributed by atoms with van der Waals surface area (Å²) in [7, 11) is -3.34. The van der Waals surface area contributed by atoms with Crippen LogP contribution in [0.3, 0.4) is 0 Å². The number of nitrogens with one attached hydrogen (secondary N) is 1. The van der Waals surface area contributed by atoms with Gasteiger partial charge in [-0.15, -0.1) is 11.3 Å². The SMILES string of the molecule is CC(C)(C)OC(=O)N1CCC(/C=C(\C(=O)Nc2nccs2)c2ccc(S(C)(=O)=O)cc2)CC1. The van der Waals surface area contributed by atoms with E-state index in [9.17, 15) is 18.0 Å². The van der Waals surface area contributed by atoms with Gasteiger partial charge in [0.1, 0.15) is 5.60 Å². The number of thiazole rings is 1. The Balaban J connectivity index is 1.79. The zero-order chi connectivity index (χ0) is 24.2. The van der Waals surface area contributed by atoms with Crippen molar-refractivity contribution in [3.8, 4) is 0 Å². The van der Waals surface area contributed by atoms with E-state index in [4.69, 9.17) is 4.74 Å². The van der Waals surface area contributed by atoms with Gasteiger partial charge in [-0.3, -0.25) is 10.1 Å². The first-order chi connectivity index (χ1) is 15.4. The molecule has 1 N–H and O–H groups in total. The maximum atomic E-state index is 13.1. The van der Waals surface area contributed by atoms with Gasteiger partial charge in [-0.05, 0) is 57.2 Å². The monoisotopic (exact) mass is 491 g/mol. The highest BCUT2D eigenvalue weighted by Crippen LogP contribution is 2.27. The highest BCUT2D eigenvalue weighted by molar-refractivity contribution is 7.90. The van der Waals surface area contributed by atoms with Crippen LogP contribution in [0.15, 0.2) is 46.8 Å². The second-order valence-electron chi connectivity index (χ2n) is 8.97. The molecule has 0 unspecified atom stereocenters. The Morgan fingerprint density at radius 2 is 1.82 bits per heavy atom. The topological polar surface area (TPSA) is 106 Å². The smallest absolute Gasteiger partial charge is 0.410 e. The van der Waals surface area contributed by atoms with E-state index in [1.54, 1.807) is 28.6 Å². The number of anilines is 1. The minimum Gasteiger partial charge on any atom is -0.444 e. The number of rotatable bonds is 5. The number of ether oxygens (including phenoxy) is 1. The lowest BCUT2D eigenvalue weighted by Gasteiger charge is -2.32. The molecular formula is C23H29N3O5S2. The summed E-state index contributed by atoms with van der Waals surface area (Å²) < 4.78 is 29.1. The van der Waals surface area contributed by atoms with Crippen molar-refractivity contribution >= 4 is 43.9 Å². The molecule has 2 amide bonds. The number of carbonyl (C=O) groups is 2. The minimum atomic E-state index is -3.34. The largest absolute Gasteiger partial charge is 0.444 e. The summed E-state index contributed by atoms with van der Waals surface area (Å²) in [5, 5.41) is 5.06. The standard InChI is InChI=1S/C23H29N3O5S2/c1-23(2,3)31-22(28)26-12-9-16(10-13-26)15-19(20(27)25-21-24-11-14-32-21)17-5-7-18(8-6-17)33(4,29)30/h5-8,11,14-16H,9-10,12-13H2,1-4H3,(H,24,25,27)/b19-15-. The Kier molecular flexibility index (Phi) is 7.58. The van der Waals surface area contributed by atoms with E-state index in [1.165, 1.54) is 23.5 Å². The zero-order valence-electron chi connectivity index (χ0n) is 19.2. The maximum Gasteiger partial charge on any atom is 0.410 e. The molecule has 0 saturated carbocycles. The summed E-state index contributed by atoms with van der Waals surface area (Å²) in [4.78, 5) is 31.4. The maximum absolute atomic E-state index is 13.1. The average Bonchev–Trinajstić information content (AvgIpc) is 3.23. The van der Waals surface area contributed by atoms with Gasteiger partial charge in [-0.1, -0.05) is 18.2 Å². The molecular weight excluding hydrogens is 462 g/mol. The first-order valence-corrected chi connectivity index (χ1v) is 13.4. The number of carbonyl (C=O) groups excluding carboxylic acids is 2. The summed E-state index contributed by atoms with van der Waals surface area (Å²) in [5.41, 5.74) is 0.513. The normalized spacial score (nSPS) is 15.9. The second kappa shape index (κ2) is 10.0. The summed E-state index contributed by atoms with van der Waals surface area (Å²) in [6.45, 7) is 6.57. The van der Waals surface area contributed by atoms with Gasteiger partial charge in [0.05, 0.1) is 4.90 Å². The Bertz CT molecular complexity index is 1110. The van der Waals surface area contributed by atoms with Gasteiger partial charge in [-0.2, -0.15) is 0 Å². The Hall–Kier alpha value is -2.72. The molecule has 3 rings (SSSR count). The number of hydrogen-bond acceptors (Lipinski definition) is 7. The molecule has 33 heavy (non-hydrogen) atoms. The lowest BCUT2D eigenvalue weighted by molar-refractivity contribution is -0.111. The lowest BCUT2D eigenvalue weighted by Crippen LogP contribution is -2.41. The molecule has 1 saturated heterocycles. The van der Waals surface area contributed by atoms with Crippen molar-refractivity contribution in [3.63, 3.8) is 0 Å². The summed E-state index contributed by atoms with van der Waals surface area (Å²) >= 11 is 1.32. The molecule has 10 heteroatoms. The number of benzene rings is 1. The number of likely N-dealkylation sites (tertiary alicyclic amines) is 1. The summed E-state index contributed by atoms with van der Waals surface area (Å²) in [6, 6.07) is 6.28. The molecule has 1 fully saturated rings. The molecule has 1 aromatic heterocycles. The average molecular weight is 492 g/mol. The van der Waals surface area contributed by atoms with Gasteiger partial charge >= 0.3 is 6.09 Å². The van der Waals surface area contributed by atoms with E-state index >= 15 is 0 Å². The number of aromatic nitrogens is 1. The molecule has 1 aliphatic heterocycles. The molecule has 0 radical (unpaired) electrons. The number of amides is 2. The minimum absolute atomic E-state index is 0.0790. The third-order valence-corrected chi connectivity index (χ3v) is 6.90. The van der Waals surface area contributed by atoms with Crippen LogP contribution in [0.25, 0.3) is 5.57 Å². The lowest BCUT2D eigenvalue weighted by atomic mass is 9.92. The third-order valence-electron chi connectivity index (χ3n) is 5.08. The molecule has 2 heterocycles. The predicted octanol–water partition coefficient (Wildman–Crippen LogP) is 4.22. The first kappa shape index (κ1) is 24.9. The van der Waals surface area contributed by atoms with Gasteiger partial charge in [-0.25, -0.2) is 18.2 Å². The van der Waals surface area contributed by atoms with Crippen LogP contribution in [0, 0.1) is 5.92 Å². The molecule has 0 atom stereocenters. The molecule has 178 valence electrons. The van der Waals surface area contributed by atoms with Crippen molar-refractivity contribution in [1.29, 1.82) is 0 Å². The van der Waals surface area contributed by atoms with Gasteiger partial charge in [0, 0.05) is 36.5 Å². The van der Waals surface area contributed by atoms with E-state index in [2.05, 4.69) is 10.3 Å². The van der Waals surface area contributed by atoms with E-state index in [0.717, 1.165) is 6.26 Å². The summed E-state index contributed by atoms with van der Waals surface area (Å²) in [5.74, 6) is -0.234. The predicted molar refractivity (Wildman–Crippen MR) is 129 cm³/mol. The van der Waals surface area contributed by atoms with Gasteiger partial charge in [0.2, 0.25) is 0 Å². The fourth-order valence-corrected chi connectivity index (χ4v) is 4.60. The Morgan fingerprint density at radius 1 is 1.18 bits per heavy atom. The van der Waals surface area contributed by atoms with E-state index in [1.807, 2.05) is 26.8 Å². The first-order valence-electron chi connectivity index (χ1n) is 10.6. The molecule has 0 bridgehead atoms. The highest BCUT2D eigenvalue weighted by atomic mass is 32.2. The van der Waals surface area contributed by atoms with Gasteiger partial charge in [0.15, 0.2) is 15.0 Å². The Morgan fingerprint density at radius 3 is 2.33 bits per heavy atom. The molecule has 0 aliphatic carbocycles. The fraction of sp³-hybridized carbons (Fsp3) is 0.435. The van der Waals surface area contributed by atoms with Crippen LogP contribution in [-0.2, 0) is 19.4 Å². The van der Waals surface area contributed by atoms with Gasteiger partial charge in [0.25, 0.3) is 5.91 Å². The molecule has 0 spiro atoms. The van der Waals surface area contributed by atoms with Crippen molar-refractivity contribution in [2.24, 2.45) is 5.92 Å². The quantitative estimate of drug-likeness (QED) is 0.628. The van der Waals surface area contributed by atoms with Crippen molar-refractivity contribution in [1.82, 2.24) is 9.88 Å². The van der Waals surface area contributed by atoms with E-state index in [-0.39, 0.29) is 22.8 Å². The number of nitrogens with zero attached hydrogens (tertiary/aromatic N) is 2. The number of piperidine rings is 1. The summed E-state index contributed by atoms with van der Waals surface area (Å²) in [6.07, 6.45) is 5.71. The fourth-order valence-electron chi connectivity index (χ4n) is 3.45. The van der Waals surface area contributed by atoms with Crippen molar-refractivity contribution in [2.75, 3.05) is 24.7 Å². The third kappa shape index (κ3) is 7.13. The van der Waals surface area contributed by atoms with Crippen molar-refractivity contribution in [2.45, 2.75) is 44.1 Å². The van der Waals surface area contributed by atoms with E-state index in [0.29, 0.717) is 42.2 Å². The molecule has 1 aromatic carbocycles. The van der Waals surface area contributed by atoms with Crippen molar-refractivity contribution < 1.29 is 22.7 Å². The van der Waals surface area contributed by atoms with Crippen LogP contribution in [0.2, 0.25) is 0 Å². The van der Waals surface area contributed by atoms with Crippen LogP contribution < -0.4 is 5.32 Å². The zero-order valence-corrected chi connectivity index (χ0v) is 20.8. The number of hydrogen-bond donors (Lipinski definition) is 1. The molecule has 1 aliphatic rings. The van der Waals surface area contributed by atoms with E-state index < -0.39 is 15.4 Å². The van der Waals surface area contributed by atoms with Crippen LogP contribution >= 0.6 is 11.3 Å². The Labute approximate surface area is 198 Å².